The average molecular weight is 375 g/mol. The molecule has 0 spiro atoms. The molecule has 1 unspecified atom stereocenters. The van der Waals surface area contributed by atoms with Crippen molar-refractivity contribution in [2.45, 2.75) is 97.3 Å². The van der Waals surface area contributed by atoms with E-state index in [9.17, 15) is 9.90 Å². The summed E-state index contributed by atoms with van der Waals surface area (Å²) in [6.45, 7) is 6.35. The molecule has 3 nitrogen and oxygen atoms in total. The SMILES string of the molecule is CCCC/C=C\CCCCCCCC(=O)Oc1ccc(O)c(C(C)CC)c1. The predicted molar refractivity (Wildman–Crippen MR) is 113 cm³/mol. The van der Waals surface area contributed by atoms with E-state index >= 15 is 0 Å². The minimum Gasteiger partial charge on any atom is -0.508 e. The Kier molecular flexibility index (Phi) is 12.3. The summed E-state index contributed by atoms with van der Waals surface area (Å²) in [6.07, 6.45) is 16.5. The molecule has 0 radical (unpaired) electrons. The average Bonchev–Trinajstić information content (AvgIpc) is 2.67. The number of allylic oxidation sites excluding steroid dienone is 2. The maximum Gasteiger partial charge on any atom is 0.311 e. The summed E-state index contributed by atoms with van der Waals surface area (Å²) in [6, 6.07) is 5.06. The first-order chi connectivity index (χ1) is 13.1. The number of hydrogen-bond donors (Lipinski definition) is 1. The second-order valence-electron chi connectivity index (χ2n) is 7.42. The largest absolute Gasteiger partial charge is 0.508 e. The summed E-state index contributed by atoms with van der Waals surface area (Å²) < 4.78 is 5.44. The van der Waals surface area contributed by atoms with Gasteiger partial charge >= 0.3 is 5.97 Å². The molecule has 152 valence electrons. The van der Waals surface area contributed by atoms with Crippen LogP contribution < -0.4 is 4.74 Å². The lowest BCUT2D eigenvalue weighted by Crippen LogP contribution is -2.08. The molecule has 1 atom stereocenters. The van der Waals surface area contributed by atoms with E-state index in [1.165, 1.54) is 44.9 Å². The van der Waals surface area contributed by atoms with Gasteiger partial charge in [-0.15, -0.1) is 0 Å². The summed E-state index contributed by atoms with van der Waals surface area (Å²) in [4.78, 5) is 12.0. The first-order valence-electron chi connectivity index (χ1n) is 10.8. The number of benzene rings is 1. The number of esters is 1. The maximum atomic E-state index is 12.0. The van der Waals surface area contributed by atoms with Crippen LogP contribution in [0.5, 0.6) is 11.5 Å². The zero-order valence-electron chi connectivity index (χ0n) is 17.5. The third kappa shape index (κ3) is 10.2. The number of ether oxygens (including phenoxy) is 1. The van der Waals surface area contributed by atoms with Crippen LogP contribution in [-0.2, 0) is 4.79 Å². The summed E-state index contributed by atoms with van der Waals surface area (Å²) in [5.41, 5.74) is 0.839. The highest BCUT2D eigenvalue weighted by Gasteiger charge is 2.12. The zero-order valence-corrected chi connectivity index (χ0v) is 17.5. The van der Waals surface area contributed by atoms with Crippen molar-refractivity contribution in [1.29, 1.82) is 0 Å². The number of rotatable bonds is 14. The molecule has 1 N–H and O–H groups in total. The van der Waals surface area contributed by atoms with Crippen LogP contribution in [0.15, 0.2) is 30.4 Å². The molecule has 0 fully saturated rings. The van der Waals surface area contributed by atoms with Crippen LogP contribution in [0.3, 0.4) is 0 Å². The van der Waals surface area contributed by atoms with Crippen molar-refractivity contribution in [3.63, 3.8) is 0 Å². The van der Waals surface area contributed by atoms with Crippen LogP contribution in [0.25, 0.3) is 0 Å². The van der Waals surface area contributed by atoms with Crippen LogP contribution in [-0.4, -0.2) is 11.1 Å². The molecule has 3 heteroatoms. The summed E-state index contributed by atoms with van der Waals surface area (Å²) >= 11 is 0. The number of phenolic OH excluding ortho intramolecular Hbond substituents is 1. The predicted octanol–water partition coefficient (Wildman–Crippen LogP) is 7.29. The Balaban J connectivity index is 2.17. The summed E-state index contributed by atoms with van der Waals surface area (Å²) in [5.74, 6) is 0.854. The smallest absolute Gasteiger partial charge is 0.311 e. The Morgan fingerprint density at radius 1 is 1.04 bits per heavy atom. The molecule has 1 aromatic carbocycles. The lowest BCUT2D eigenvalue weighted by Gasteiger charge is -2.13. The fraction of sp³-hybridized carbons (Fsp3) is 0.625. The Bertz CT molecular complexity index is 563. The Morgan fingerprint density at radius 3 is 2.41 bits per heavy atom. The van der Waals surface area contributed by atoms with E-state index in [1.54, 1.807) is 18.2 Å². The second kappa shape index (κ2) is 14.3. The maximum absolute atomic E-state index is 12.0. The molecule has 27 heavy (non-hydrogen) atoms. The molecule has 0 bridgehead atoms. The molecular formula is C24H38O3. The van der Waals surface area contributed by atoms with Crippen LogP contribution in [0.4, 0.5) is 0 Å². The molecule has 1 rings (SSSR count). The molecule has 0 saturated heterocycles. The van der Waals surface area contributed by atoms with Crippen LogP contribution >= 0.6 is 0 Å². The van der Waals surface area contributed by atoms with E-state index in [1.807, 2.05) is 0 Å². The molecule has 0 saturated carbocycles. The molecule has 0 aliphatic heterocycles. The Labute approximate surface area is 165 Å². The van der Waals surface area contributed by atoms with Gasteiger partial charge in [0.25, 0.3) is 0 Å². The van der Waals surface area contributed by atoms with E-state index in [4.69, 9.17) is 4.74 Å². The van der Waals surface area contributed by atoms with Crippen molar-refractivity contribution in [3.05, 3.63) is 35.9 Å². The van der Waals surface area contributed by atoms with Crippen molar-refractivity contribution >= 4 is 5.97 Å². The van der Waals surface area contributed by atoms with Crippen LogP contribution in [0.2, 0.25) is 0 Å². The zero-order chi connectivity index (χ0) is 19.9. The van der Waals surface area contributed by atoms with Gasteiger partial charge in [-0.1, -0.05) is 65.0 Å². The van der Waals surface area contributed by atoms with Crippen molar-refractivity contribution in [2.75, 3.05) is 0 Å². The fourth-order valence-electron chi connectivity index (χ4n) is 3.01. The van der Waals surface area contributed by atoms with Crippen molar-refractivity contribution < 1.29 is 14.6 Å². The van der Waals surface area contributed by atoms with Crippen LogP contribution in [0, 0.1) is 0 Å². The van der Waals surface area contributed by atoms with Gasteiger partial charge < -0.3 is 9.84 Å². The van der Waals surface area contributed by atoms with Gasteiger partial charge in [-0.05, 0) is 56.2 Å². The highest BCUT2D eigenvalue weighted by Crippen LogP contribution is 2.31. The Hall–Kier alpha value is -1.77. The highest BCUT2D eigenvalue weighted by atomic mass is 16.5. The summed E-state index contributed by atoms with van der Waals surface area (Å²) in [5, 5.41) is 9.94. The molecule has 0 aromatic heterocycles. The van der Waals surface area contributed by atoms with Crippen molar-refractivity contribution in [2.24, 2.45) is 0 Å². The highest BCUT2D eigenvalue weighted by molar-refractivity contribution is 5.72. The topological polar surface area (TPSA) is 46.5 Å². The molecule has 0 aliphatic rings. The third-order valence-corrected chi connectivity index (χ3v) is 5.02. The van der Waals surface area contributed by atoms with Crippen molar-refractivity contribution in [1.82, 2.24) is 0 Å². The first kappa shape index (κ1) is 23.3. The molecule has 0 amide bonds. The number of phenols is 1. The van der Waals surface area contributed by atoms with Crippen LogP contribution in [0.1, 0.15) is 103 Å². The number of carbonyl (C=O) groups is 1. The van der Waals surface area contributed by atoms with Gasteiger partial charge in [0.05, 0.1) is 0 Å². The third-order valence-electron chi connectivity index (χ3n) is 5.02. The number of unbranched alkanes of at least 4 members (excludes halogenated alkanes) is 7. The van der Waals surface area contributed by atoms with Gasteiger partial charge in [0.2, 0.25) is 0 Å². The lowest BCUT2D eigenvalue weighted by atomic mass is 9.97. The van der Waals surface area contributed by atoms with E-state index < -0.39 is 0 Å². The van der Waals surface area contributed by atoms with E-state index in [0.29, 0.717) is 12.2 Å². The second-order valence-corrected chi connectivity index (χ2v) is 7.42. The van der Waals surface area contributed by atoms with Crippen molar-refractivity contribution in [3.8, 4) is 11.5 Å². The molecule has 1 aromatic rings. The van der Waals surface area contributed by atoms with Gasteiger partial charge in [-0.2, -0.15) is 0 Å². The molecule has 0 heterocycles. The Morgan fingerprint density at radius 2 is 1.70 bits per heavy atom. The van der Waals surface area contributed by atoms with Gasteiger partial charge in [-0.25, -0.2) is 0 Å². The quantitative estimate of drug-likeness (QED) is 0.161. The van der Waals surface area contributed by atoms with Gasteiger partial charge in [0.15, 0.2) is 0 Å². The summed E-state index contributed by atoms with van der Waals surface area (Å²) in [7, 11) is 0. The van der Waals surface area contributed by atoms with E-state index in [-0.39, 0.29) is 17.6 Å². The lowest BCUT2D eigenvalue weighted by molar-refractivity contribution is -0.134. The number of aromatic hydroxyl groups is 1. The minimum absolute atomic E-state index is 0.186. The monoisotopic (exact) mass is 374 g/mol. The van der Waals surface area contributed by atoms with Gasteiger partial charge in [0, 0.05) is 12.0 Å². The fourth-order valence-corrected chi connectivity index (χ4v) is 3.01. The van der Waals surface area contributed by atoms with E-state index in [2.05, 4.69) is 32.9 Å². The number of carbonyl (C=O) groups excluding carboxylic acids is 1. The van der Waals surface area contributed by atoms with E-state index in [0.717, 1.165) is 24.8 Å². The van der Waals surface area contributed by atoms with Gasteiger partial charge in [0.1, 0.15) is 11.5 Å². The van der Waals surface area contributed by atoms with Gasteiger partial charge in [-0.3, -0.25) is 4.79 Å². The number of hydrogen-bond acceptors (Lipinski definition) is 3. The standard InChI is InChI=1S/C24H38O3/c1-4-6-7-8-9-10-11-12-13-14-15-16-24(26)27-21-17-18-23(25)22(19-21)20(3)5-2/h8-9,17-20,25H,4-7,10-16H2,1-3H3/b9-8-. The minimum atomic E-state index is -0.186. The normalized spacial score (nSPS) is 12.4. The first-order valence-corrected chi connectivity index (χ1v) is 10.8. The molecular weight excluding hydrogens is 336 g/mol. The molecule has 0 aliphatic carbocycles.